The first-order chi connectivity index (χ1) is 7.09. The van der Waals surface area contributed by atoms with Crippen LogP contribution >= 0.6 is 0 Å². The zero-order valence-corrected chi connectivity index (χ0v) is 8.66. The average molecular weight is 213 g/mol. The van der Waals surface area contributed by atoms with E-state index < -0.39 is 11.5 Å². The van der Waals surface area contributed by atoms with Crippen molar-refractivity contribution in [3.63, 3.8) is 0 Å². The maximum atomic E-state index is 11.6. The molecular weight excluding hydrogens is 198 g/mol. The number of carbonyl (C=O) groups is 2. The predicted molar refractivity (Wildman–Crippen MR) is 51.3 cm³/mol. The van der Waals surface area contributed by atoms with Gasteiger partial charge in [-0.1, -0.05) is 0 Å². The molecule has 0 aromatic rings. The number of nitrogens with one attached hydrogen (secondary N) is 1. The minimum absolute atomic E-state index is 0.000375. The summed E-state index contributed by atoms with van der Waals surface area (Å²) in [6.45, 7) is 2.48. The molecule has 2 unspecified atom stereocenters. The highest BCUT2D eigenvalue weighted by Gasteiger charge is 2.54. The van der Waals surface area contributed by atoms with E-state index in [9.17, 15) is 9.59 Å². The molecule has 15 heavy (non-hydrogen) atoms. The smallest absolute Gasteiger partial charge is 0.329 e. The monoisotopic (exact) mass is 213 g/mol. The number of carboxylic acid groups (broad SMARTS) is 1. The zero-order valence-electron chi connectivity index (χ0n) is 8.66. The van der Waals surface area contributed by atoms with Gasteiger partial charge in [-0.3, -0.25) is 4.79 Å². The van der Waals surface area contributed by atoms with Crippen LogP contribution in [0, 0.1) is 5.92 Å². The first-order valence-electron chi connectivity index (χ1n) is 5.26. The van der Waals surface area contributed by atoms with E-state index in [4.69, 9.17) is 9.84 Å². The number of carbonyl (C=O) groups excluding carboxylic acids is 1. The van der Waals surface area contributed by atoms with Crippen molar-refractivity contribution >= 4 is 11.9 Å². The molecule has 0 bridgehead atoms. The van der Waals surface area contributed by atoms with Crippen LogP contribution in [0.4, 0.5) is 0 Å². The summed E-state index contributed by atoms with van der Waals surface area (Å²) in [4.78, 5) is 22.4. The van der Waals surface area contributed by atoms with Crippen molar-refractivity contribution in [2.24, 2.45) is 5.92 Å². The fourth-order valence-corrected chi connectivity index (χ4v) is 1.69. The highest BCUT2D eigenvalue weighted by atomic mass is 16.5. The summed E-state index contributed by atoms with van der Waals surface area (Å²) in [6.07, 6.45) is 1.80. The van der Waals surface area contributed by atoms with Crippen LogP contribution in [-0.2, 0) is 14.3 Å². The van der Waals surface area contributed by atoms with Crippen molar-refractivity contribution in [3.05, 3.63) is 0 Å². The number of hydrogen-bond donors (Lipinski definition) is 2. The van der Waals surface area contributed by atoms with Gasteiger partial charge in [0.15, 0.2) is 0 Å². The molecule has 2 aliphatic carbocycles. The summed E-state index contributed by atoms with van der Waals surface area (Å²) in [7, 11) is 0. The second kappa shape index (κ2) is 3.48. The molecule has 84 valence electrons. The third kappa shape index (κ3) is 1.97. The van der Waals surface area contributed by atoms with E-state index in [1.54, 1.807) is 0 Å². The number of hydrogen-bond acceptors (Lipinski definition) is 3. The molecule has 5 nitrogen and oxygen atoms in total. The van der Waals surface area contributed by atoms with Crippen molar-refractivity contribution in [1.29, 1.82) is 0 Å². The Bertz CT molecular complexity index is 298. The van der Waals surface area contributed by atoms with Crippen molar-refractivity contribution in [2.75, 3.05) is 6.61 Å². The molecule has 2 saturated carbocycles. The molecule has 0 heterocycles. The van der Waals surface area contributed by atoms with Crippen molar-refractivity contribution in [1.82, 2.24) is 5.32 Å². The van der Waals surface area contributed by atoms with E-state index in [1.165, 1.54) is 0 Å². The largest absolute Gasteiger partial charge is 0.480 e. The van der Waals surface area contributed by atoms with E-state index in [2.05, 4.69) is 5.32 Å². The second-order valence-electron chi connectivity index (χ2n) is 4.21. The van der Waals surface area contributed by atoms with Gasteiger partial charge >= 0.3 is 5.97 Å². The van der Waals surface area contributed by atoms with Gasteiger partial charge < -0.3 is 15.2 Å². The van der Waals surface area contributed by atoms with Gasteiger partial charge in [0.05, 0.1) is 12.0 Å². The van der Waals surface area contributed by atoms with Crippen LogP contribution < -0.4 is 5.32 Å². The van der Waals surface area contributed by atoms with Gasteiger partial charge in [0, 0.05) is 6.61 Å². The van der Waals surface area contributed by atoms with Gasteiger partial charge in [0.2, 0.25) is 5.91 Å². The van der Waals surface area contributed by atoms with Gasteiger partial charge in [0.1, 0.15) is 5.54 Å². The molecular formula is C10H15NO4. The molecule has 0 aliphatic heterocycles. The standard InChI is InChI=1S/C10H15NO4/c1-2-15-7-5-6(7)8(12)11-10(3-4-10)9(13)14/h6-7H,2-5H2,1H3,(H,11,12)(H,13,14). The Balaban J connectivity index is 1.82. The molecule has 0 spiro atoms. The Morgan fingerprint density at radius 3 is 2.67 bits per heavy atom. The molecule has 2 atom stereocenters. The Labute approximate surface area is 87.8 Å². The summed E-state index contributed by atoms with van der Waals surface area (Å²) in [5, 5.41) is 11.5. The molecule has 0 saturated heterocycles. The first kappa shape index (κ1) is 10.4. The van der Waals surface area contributed by atoms with E-state index in [0.717, 1.165) is 6.42 Å². The van der Waals surface area contributed by atoms with Gasteiger partial charge in [-0.05, 0) is 26.2 Å². The molecule has 2 aliphatic rings. The maximum absolute atomic E-state index is 11.6. The summed E-state index contributed by atoms with van der Waals surface area (Å²) < 4.78 is 5.27. The number of amides is 1. The Morgan fingerprint density at radius 1 is 1.53 bits per heavy atom. The lowest BCUT2D eigenvalue weighted by Gasteiger charge is -2.11. The van der Waals surface area contributed by atoms with E-state index in [1.807, 2.05) is 6.92 Å². The molecule has 2 rings (SSSR count). The van der Waals surface area contributed by atoms with Gasteiger partial charge in [-0.15, -0.1) is 0 Å². The highest BCUT2D eigenvalue weighted by molar-refractivity contribution is 5.91. The predicted octanol–water partition coefficient (Wildman–Crippen LogP) is 0.145. The number of aliphatic carboxylic acids is 1. The highest BCUT2D eigenvalue weighted by Crippen LogP contribution is 2.39. The lowest BCUT2D eigenvalue weighted by Crippen LogP contribution is -2.44. The van der Waals surface area contributed by atoms with Crippen molar-refractivity contribution < 1.29 is 19.4 Å². The lowest BCUT2D eigenvalue weighted by molar-refractivity contribution is -0.143. The maximum Gasteiger partial charge on any atom is 0.329 e. The Hall–Kier alpha value is -1.10. The van der Waals surface area contributed by atoms with Crippen molar-refractivity contribution in [3.8, 4) is 0 Å². The molecule has 1 amide bonds. The SMILES string of the molecule is CCOC1CC1C(=O)NC1(C(=O)O)CC1. The van der Waals surface area contributed by atoms with Crippen LogP contribution in [0.25, 0.3) is 0 Å². The quantitative estimate of drug-likeness (QED) is 0.681. The topological polar surface area (TPSA) is 75.6 Å². The van der Waals surface area contributed by atoms with Gasteiger partial charge in [-0.2, -0.15) is 0 Å². The van der Waals surface area contributed by atoms with Crippen LogP contribution in [0.1, 0.15) is 26.2 Å². The Morgan fingerprint density at radius 2 is 2.20 bits per heavy atom. The molecule has 0 radical (unpaired) electrons. The minimum atomic E-state index is -0.962. The average Bonchev–Trinajstić information content (AvgIpc) is 2.99. The normalized spacial score (nSPS) is 30.7. The van der Waals surface area contributed by atoms with Crippen LogP contribution in [0.5, 0.6) is 0 Å². The van der Waals surface area contributed by atoms with Crippen molar-refractivity contribution in [2.45, 2.75) is 37.8 Å². The third-order valence-electron chi connectivity index (χ3n) is 2.97. The molecule has 2 N–H and O–H groups in total. The minimum Gasteiger partial charge on any atom is -0.480 e. The van der Waals surface area contributed by atoms with Gasteiger partial charge in [0.25, 0.3) is 0 Å². The fourth-order valence-electron chi connectivity index (χ4n) is 1.69. The van der Waals surface area contributed by atoms with E-state index in [-0.39, 0.29) is 17.9 Å². The van der Waals surface area contributed by atoms with E-state index >= 15 is 0 Å². The Kier molecular flexibility index (Phi) is 2.42. The summed E-state index contributed by atoms with van der Waals surface area (Å²) in [5.41, 5.74) is -0.962. The van der Waals surface area contributed by atoms with Crippen LogP contribution in [0.15, 0.2) is 0 Å². The summed E-state index contributed by atoms with van der Waals surface area (Å²) in [5.74, 6) is -1.24. The van der Waals surface area contributed by atoms with Crippen LogP contribution in [0.2, 0.25) is 0 Å². The van der Waals surface area contributed by atoms with Gasteiger partial charge in [-0.25, -0.2) is 4.79 Å². The number of ether oxygens (including phenoxy) is 1. The van der Waals surface area contributed by atoms with Crippen LogP contribution in [0.3, 0.4) is 0 Å². The molecule has 0 aromatic carbocycles. The summed E-state index contributed by atoms with van der Waals surface area (Å²) in [6, 6.07) is 0. The third-order valence-corrected chi connectivity index (χ3v) is 2.97. The molecule has 5 heteroatoms. The second-order valence-corrected chi connectivity index (χ2v) is 4.21. The zero-order chi connectivity index (χ0) is 11.1. The number of carboxylic acids is 1. The molecule has 2 fully saturated rings. The fraction of sp³-hybridized carbons (Fsp3) is 0.800. The summed E-state index contributed by atoms with van der Waals surface area (Å²) >= 11 is 0. The van der Waals surface area contributed by atoms with E-state index in [0.29, 0.717) is 19.4 Å². The number of rotatable bonds is 5. The first-order valence-corrected chi connectivity index (χ1v) is 5.26. The van der Waals surface area contributed by atoms with Crippen LogP contribution in [-0.4, -0.2) is 35.2 Å². The lowest BCUT2D eigenvalue weighted by atomic mass is 10.2. The molecule has 0 aromatic heterocycles.